The molecule has 0 aromatic carbocycles. The zero-order valence-electron chi connectivity index (χ0n) is 11.3. The molecule has 2 unspecified atom stereocenters. The second kappa shape index (κ2) is 9.48. The molecule has 1 rings (SSSR count). The molecule has 2 nitrogen and oxygen atoms in total. The van der Waals surface area contributed by atoms with Crippen molar-refractivity contribution in [3.05, 3.63) is 0 Å². The Morgan fingerprint density at radius 2 is 1.76 bits per heavy atom. The third-order valence-corrected chi connectivity index (χ3v) is 3.70. The lowest BCUT2D eigenvalue weighted by atomic mass is 9.87. The quantitative estimate of drug-likeness (QED) is 0.584. The van der Waals surface area contributed by atoms with E-state index in [9.17, 15) is 0 Å². The summed E-state index contributed by atoms with van der Waals surface area (Å²) in [4.78, 5) is 0. The van der Waals surface area contributed by atoms with Crippen LogP contribution in [0.4, 0.5) is 0 Å². The summed E-state index contributed by atoms with van der Waals surface area (Å²) in [7, 11) is 0. The first-order valence-corrected chi connectivity index (χ1v) is 7.39. The lowest BCUT2D eigenvalue weighted by Gasteiger charge is -2.26. The third kappa shape index (κ3) is 6.07. The van der Waals surface area contributed by atoms with Crippen molar-refractivity contribution in [2.45, 2.75) is 77.2 Å². The summed E-state index contributed by atoms with van der Waals surface area (Å²) in [6, 6.07) is 2.40. The smallest absolute Gasteiger partial charge is 0.0733 e. The van der Waals surface area contributed by atoms with Gasteiger partial charge in [0, 0.05) is 6.61 Å². The van der Waals surface area contributed by atoms with E-state index in [1.165, 1.54) is 51.4 Å². The average molecular weight is 237 g/mol. The Hall–Kier alpha value is -0.550. The van der Waals surface area contributed by atoms with Gasteiger partial charge in [-0.25, -0.2) is 0 Å². The predicted octanol–water partition coefficient (Wildman–Crippen LogP) is 4.45. The summed E-state index contributed by atoms with van der Waals surface area (Å²) in [6.45, 7) is 3.10. The molecule has 0 N–H and O–H groups in total. The Bertz CT molecular complexity index is 221. The van der Waals surface area contributed by atoms with E-state index in [-0.39, 0.29) is 12.0 Å². The first-order chi connectivity index (χ1) is 8.38. The number of nitriles is 1. The van der Waals surface area contributed by atoms with Crippen LogP contribution in [0.25, 0.3) is 0 Å². The summed E-state index contributed by atoms with van der Waals surface area (Å²) >= 11 is 0. The summed E-state index contributed by atoms with van der Waals surface area (Å²) in [5, 5.41) is 9.03. The van der Waals surface area contributed by atoms with Crippen LogP contribution in [0.1, 0.15) is 71.1 Å². The second-order valence-electron chi connectivity index (χ2n) is 5.20. The van der Waals surface area contributed by atoms with Gasteiger partial charge >= 0.3 is 0 Å². The van der Waals surface area contributed by atoms with Gasteiger partial charge < -0.3 is 4.74 Å². The highest BCUT2D eigenvalue weighted by atomic mass is 16.5. The SMILES string of the molecule is CCCCCCCCOC1CCCCC1C#N. The van der Waals surface area contributed by atoms with Gasteiger partial charge in [-0.3, -0.25) is 0 Å². The fraction of sp³-hybridized carbons (Fsp3) is 0.933. The van der Waals surface area contributed by atoms with Crippen LogP contribution < -0.4 is 0 Å². The largest absolute Gasteiger partial charge is 0.377 e. The van der Waals surface area contributed by atoms with Crippen LogP contribution in [-0.4, -0.2) is 12.7 Å². The monoisotopic (exact) mass is 237 g/mol. The van der Waals surface area contributed by atoms with Crippen molar-refractivity contribution < 1.29 is 4.74 Å². The highest BCUT2D eigenvalue weighted by Gasteiger charge is 2.25. The molecular weight excluding hydrogens is 210 g/mol. The second-order valence-corrected chi connectivity index (χ2v) is 5.20. The fourth-order valence-electron chi connectivity index (χ4n) is 2.56. The van der Waals surface area contributed by atoms with Crippen LogP contribution in [0.15, 0.2) is 0 Å². The van der Waals surface area contributed by atoms with Gasteiger partial charge in [0.2, 0.25) is 0 Å². The number of hydrogen-bond acceptors (Lipinski definition) is 2. The van der Waals surface area contributed by atoms with Crippen molar-refractivity contribution in [1.82, 2.24) is 0 Å². The highest BCUT2D eigenvalue weighted by Crippen LogP contribution is 2.26. The number of ether oxygens (including phenoxy) is 1. The van der Waals surface area contributed by atoms with Crippen molar-refractivity contribution in [2.24, 2.45) is 5.92 Å². The Kier molecular flexibility index (Phi) is 8.09. The molecule has 2 heteroatoms. The minimum absolute atomic E-state index is 0.156. The lowest BCUT2D eigenvalue weighted by Crippen LogP contribution is -2.27. The zero-order chi connectivity index (χ0) is 12.3. The minimum atomic E-state index is 0.156. The first-order valence-electron chi connectivity index (χ1n) is 7.39. The maximum absolute atomic E-state index is 9.03. The Labute approximate surface area is 106 Å². The van der Waals surface area contributed by atoms with Gasteiger partial charge in [0.1, 0.15) is 0 Å². The molecule has 0 aliphatic heterocycles. The number of hydrogen-bond donors (Lipinski definition) is 0. The minimum Gasteiger partial charge on any atom is -0.377 e. The molecule has 0 aromatic heterocycles. The molecule has 1 fully saturated rings. The number of nitrogens with zero attached hydrogens (tertiary/aromatic N) is 1. The number of unbranched alkanes of at least 4 members (excludes halogenated alkanes) is 5. The van der Waals surface area contributed by atoms with Crippen LogP contribution in [0.3, 0.4) is 0 Å². The maximum atomic E-state index is 9.03. The third-order valence-electron chi connectivity index (χ3n) is 3.70. The van der Waals surface area contributed by atoms with Gasteiger partial charge in [0.25, 0.3) is 0 Å². The molecule has 0 aromatic rings. The van der Waals surface area contributed by atoms with Crippen LogP contribution in [-0.2, 0) is 4.74 Å². The van der Waals surface area contributed by atoms with Crippen LogP contribution >= 0.6 is 0 Å². The predicted molar refractivity (Wildman–Crippen MR) is 70.7 cm³/mol. The van der Waals surface area contributed by atoms with Crippen LogP contribution in [0.5, 0.6) is 0 Å². The van der Waals surface area contributed by atoms with Crippen LogP contribution in [0, 0.1) is 17.2 Å². The topological polar surface area (TPSA) is 33.0 Å². The first kappa shape index (κ1) is 14.5. The van der Waals surface area contributed by atoms with Crippen molar-refractivity contribution in [3.8, 4) is 6.07 Å². The van der Waals surface area contributed by atoms with E-state index in [1.54, 1.807) is 0 Å². The van der Waals surface area contributed by atoms with Gasteiger partial charge in [-0.2, -0.15) is 5.26 Å². The van der Waals surface area contributed by atoms with E-state index >= 15 is 0 Å². The molecule has 98 valence electrons. The summed E-state index contributed by atoms with van der Waals surface area (Å²) in [6.07, 6.45) is 12.6. The zero-order valence-corrected chi connectivity index (χ0v) is 11.3. The van der Waals surface area contributed by atoms with E-state index in [2.05, 4.69) is 13.0 Å². The van der Waals surface area contributed by atoms with Crippen LogP contribution in [0.2, 0.25) is 0 Å². The molecule has 2 atom stereocenters. The molecule has 0 radical (unpaired) electrons. The molecular formula is C15H27NO. The maximum Gasteiger partial charge on any atom is 0.0733 e. The van der Waals surface area contributed by atoms with Gasteiger partial charge in [-0.1, -0.05) is 51.9 Å². The highest BCUT2D eigenvalue weighted by molar-refractivity contribution is 4.91. The Morgan fingerprint density at radius 3 is 2.53 bits per heavy atom. The van der Waals surface area contributed by atoms with Crippen molar-refractivity contribution >= 4 is 0 Å². The van der Waals surface area contributed by atoms with E-state index in [0.717, 1.165) is 19.4 Å². The number of rotatable bonds is 8. The lowest BCUT2D eigenvalue weighted by molar-refractivity contribution is 0.00418. The van der Waals surface area contributed by atoms with Gasteiger partial charge in [-0.05, 0) is 19.3 Å². The standard InChI is InChI=1S/C15H27NO/c1-2-3-4-5-6-9-12-17-15-11-8-7-10-14(15)13-16/h14-15H,2-12H2,1H3. The Balaban J connectivity index is 1.99. The molecule has 1 aliphatic carbocycles. The molecule has 1 aliphatic rings. The van der Waals surface area contributed by atoms with Crippen molar-refractivity contribution in [3.63, 3.8) is 0 Å². The van der Waals surface area contributed by atoms with Gasteiger partial charge in [-0.15, -0.1) is 0 Å². The van der Waals surface area contributed by atoms with Crippen molar-refractivity contribution in [2.75, 3.05) is 6.61 Å². The molecule has 0 heterocycles. The Morgan fingerprint density at radius 1 is 1.06 bits per heavy atom. The molecule has 0 bridgehead atoms. The van der Waals surface area contributed by atoms with Gasteiger partial charge in [0.15, 0.2) is 0 Å². The van der Waals surface area contributed by atoms with E-state index in [4.69, 9.17) is 10.00 Å². The van der Waals surface area contributed by atoms with E-state index in [1.807, 2.05) is 0 Å². The molecule has 0 amide bonds. The molecule has 0 spiro atoms. The summed E-state index contributed by atoms with van der Waals surface area (Å²) in [5.74, 6) is 0.156. The average Bonchev–Trinajstić information content (AvgIpc) is 2.38. The van der Waals surface area contributed by atoms with E-state index < -0.39 is 0 Å². The molecule has 0 saturated heterocycles. The van der Waals surface area contributed by atoms with E-state index in [0.29, 0.717) is 0 Å². The molecule has 1 saturated carbocycles. The van der Waals surface area contributed by atoms with Gasteiger partial charge in [0.05, 0.1) is 18.1 Å². The normalized spacial score (nSPS) is 24.5. The summed E-state index contributed by atoms with van der Waals surface area (Å²) in [5.41, 5.74) is 0. The van der Waals surface area contributed by atoms with Crippen molar-refractivity contribution in [1.29, 1.82) is 5.26 Å². The fourth-order valence-corrected chi connectivity index (χ4v) is 2.56. The molecule has 17 heavy (non-hydrogen) atoms. The summed E-state index contributed by atoms with van der Waals surface area (Å²) < 4.78 is 5.87.